The fraction of sp³-hybridized carbons (Fsp3) is 0.533. The molecule has 0 aliphatic heterocycles. The maximum atomic E-state index is 10.9. The number of rotatable bonds is 5. The Morgan fingerprint density at radius 2 is 2.10 bits per heavy atom. The van der Waals surface area contributed by atoms with Gasteiger partial charge in [-0.25, -0.2) is 0 Å². The second kappa shape index (κ2) is 6.66. The topological polar surface area (TPSA) is 76.0 Å². The summed E-state index contributed by atoms with van der Waals surface area (Å²) < 4.78 is 11.5. The molecule has 1 aromatic carbocycles. The molecule has 0 bridgehead atoms. The van der Waals surface area contributed by atoms with Crippen molar-refractivity contribution in [2.24, 2.45) is 5.92 Å². The average molecular weight is 359 g/mol. The van der Waals surface area contributed by atoms with Gasteiger partial charge in [0.15, 0.2) is 0 Å². The van der Waals surface area contributed by atoms with Crippen molar-refractivity contribution in [3.63, 3.8) is 0 Å². The normalized spacial score (nSPS) is 25.4. The summed E-state index contributed by atoms with van der Waals surface area (Å²) in [4.78, 5) is 10.9. The van der Waals surface area contributed by atoms with Crippen LogP contribution in [0, 0.1) is 5.92 Å². The number of carboxylic acids is 1. The lowest BCUT2D eigenvalue weighted by Gasteiger charge is -2.34. The van der Waals surface area contributed by atoms with Gasteiger partial charge < -0.3 is 19.7 Å². The molecule has 0 heterocycles. The quantitative estimate of drug-likeness (QED) is 0.846. The molecule has 1 aromatic rings. The van der Waals surface area contributed by atoms with Crippen LogP contribution >= 0.6 is 15.9 Å². The molecule has 1 aliphatic rings. The van der Waals surface area contributed by atoms with Crippen molar-refractivity contribution in [3.05, 3.63) is 22.7 Å². The van der Waals surface area contributed by atoms with E-state index in [1.165, 1.54) is 0 Å². The van der Waals surface area contributed by atoms with Gasteiger partial charge in [0.2, 0.25) is 0 Å². The second-order valence-corrected chi connectivity index (χ2v) is 6.28. The lowest BCUT2D eigenvalue weighted by atomic mass is 9.79. The number of aliphatic carboxylic acids is 1. The predicted octanol–water partition coefficient (Wildman–Crippen LogP) is 2.84. The van der Waals surface area contributed by atoms with Crippen LogP contribution in [-0.2, 0) is 4.79 Å². The maximum absolute atomic E-state index is 10.9. The molecule has 0 aromatic heterocycles. The van der Waals surface area contributed by atoms with E-state index in [0.717, 1.165) is 10.2 Å². The molecule has 0 atom stereocenters. The third kappa shape index (κ3) is 4.11. The van der Waals surface area contributed by atoms with Crippen LogP contribution in [0.2, 0.25) is 0 Å². The second-order valence-electron chi connectivity index (χ2n) is 5.42. The van der Waals surface area contributed by atoms with Gasteiger partial charge in [-0.2, -0.15) is 0 Å². The fourth-order valence-electron chi connectivity index (χ4n) is 2.48. The average Bonchev–Trinajstić information content (AvgIpc) is 2.46. The van der Waals surface area contributed by atoms with Crippen LogP contribution in [0.25, 0.3) is 0 Å². The third-order valence-electron chi connectivity index (χ3n) is 3.90. The first-order chi connectivity index (χ1) is 9.93. The molecule has 1 fully saturated rings. The van der Waals surface area contributed by atoms with E-state index in [2.05, 4.69) is 15.9 Å². The van der Waals surface area contributed by atoms with Crippen LogP contribution in [0.4, 0.5) is 0 Å². The van der Waals surface area contributed by atoms with E-state index >= 15 is 0 Å². The molecule has 2 rings (SSSR count). The van der Waals surface area contributed by atoms with Gasteiger partial charge >= 0.3 is 5.97 Å². The molecule has 21 heavy (non-hydrogen) atoms. The van der Waals surface area contributed by atoms with E-state index in [1.807, 2.05) is 0 Å². The minimum absolute atomic E-state index is 0.157. The van der Waals surface area contributed by atoms with Crippen LogP contribution in [0.5, 0.6) is 11.5 Å². The molecule has 0 radical (unpaired) electrons. The lowest BCUT2D eigenvalue weighted by molar-refractivity contribution is -0.145. The van der Waals surface area contributed by atoms with Gasteiger partial charge in [-0.3, -0.25) is 4.79 Å². The van der Waals surface area contributed by atoms with Crippen LogP contribution in [0.3, 0.4) is 0 Å². The smallest absolute Gasteiger partial charge is 0.306 e. The van der Waals surface area contributed by atoms with Crippen molar-refractivity contribution >= 4 is 21.9 Å². The minimum atomic E-state index is -0.953. The highest BCUT2D eigenvalue weighted by Crippen LogP contribution is 2.34. The first-order valence-corrected chi connectivity index (χ1v) is 7.64. The number of benzene rings is 1. The van der Waals surface area contributed by atoms with Crippen LogP contribution in [-0.4, -0.2) is 35.5 Å². The number of carboxylic acid groups (broad SMARTS) is 1. The predicted molar refractivity (Wildman–Crippen MR) is 80.7 cm³/mol. The van der Waals surface area contributed by atoms with E-state index in [-0.39, 0.29) is 12.5 Å². The van der Waals surface area contributed by atoms with E-state index in [1.54, 1.807) is 25.3 Å². The molecule has 116 valence electrons. The third-order valence-corrected chi connectivity index (χ3v) is 4.52. The Kier molecular flexibility index (Phi) is 5.11. The number of halogens is 1. The largest absolute Gasteiger partial charge is 0.497 e. The van der Waals surface area contributed by atoms with Crippen LogP contribution < -0.4 is 9.47 Å². The number of carbonyl (C=O) groups is 1. The van der Waals surface area contributed by atoms with E-state index in [9.17, 15) is 9.90 Å². The lowest BCUT2D eigenvalue weighted by Crippen LogP contribution is -2.41. The molecule has 6 heteroatoms. The van der Waals surface area contributed by atoms with Gasteiger partial charge in [-0.05, 0) is 59.8 Å². The standard InChI is InChI=1S/C15H19BrO5/c1-20-11-2-3-13(12(16)8-11)21-9-15(19)6-4-10(5-7-15)14(17)18/h2-3,8,10,19H,4-7,9H2,1H3,(H,17,18). The fourth-order valence-corrected chi connectivity index (χ4v) is 2.96. The number of methoxy groups -OCH3 is 1. The van der Waals surface area contributed by atoms with E-state index in [4.69, 9.17) is 14.6 Å². The van der Waals surface area contributed by atoms with Gasteiger partial charge in [0.1, 0.15) is 18.1 Å². The summed E-state index contributed by atoms with van der Waals surface area (Å²) in [5.41, 5.74) is -0.953. The Morgan fingerprint density at radius 3 is 2.62 bits per heavy atom. The molecule has 2 N–H and O–H groups in total. The van der Waals surface area contributed by atoms with Crippen LogP contribution in [0.1, 0.15) is 25.7 Å². The van der Waals surface area contributed by atoms with Crippen molar-refractivity contribution < 1.29 is 24.5 Å². The SMILES string of the molecule is COc1ccc(OCC2(O)CCC(C(=O)O)CC2)c(Br)c1. The van der Waals surface area contributed by atoms with Crippen molar-refractivity contribution in [3.8, 4) is 11.5 Å². The molecule has 0 amide bonds. The highest BCUT2D eigenvalue weighted by Gasteiger charge is 2.36. The number of aliphatic hydroxyl groups is 1. The highest BCUT2D eigenvalue weighted by molar-refractivity contribution is 9.10. The summed E-state index contributed by atoms with van der Waals surface area (Å²) >= 11 is 3.39. The van der Waals surface area contributed by atoms with E-state index < -0.39 is 11.6 Å². The Hall–Kier alpha value is -1.27. The van der Waals surface area contributed by atoms with Gasteiger partial charge in [0, 0.05) is 0 Å². The Balaban J connectivity index is 1.92. The molecule has 1 saturated carbocycles. The summed E-state index contributed by atoms with van der Waals surface area (Å²) in [5, 5.41) is 19.4. The Morgan fingerprint density at radius 1 is 1.43 bits per heavy atom. The summed E-state index contributed by atoms with van der Waals surface area (Å²) in [7, 11) is 1.59. The molecule has 1 aliphatic carbocycles. The van der Waals surface area contributed by atoms with Gasteiger partial charge in [0.05, 0.1) is 23.1 Å². The first kappa shape index (κ1) is 16.1. The van der Waals surface area contributed by atoms with Gasteiger partial charge in [-0.15, -0.1) is 0 Å². The Labute approximate surface area is 132 Å². The monoisotopic (exact) mass is 358 g/mol. The molecular weight excluding hydrogens is 340 g/mol. The summed E-state index contributed by atoms with van der Waals surface area (Å²) in [6.45, 7) is 0.157. The number of hydrogen-bond donors (Lipinski definition) is 2. The van der Waals surface area contributed by atoms with Crippen molar-refractivity contribution in [1.29, 1.82) is 0 Å². The maximum Gasteiger partial charge on any atom is 0.306 e. The minimum Gasteiger partial charge on any atom is -0.497 e. The van der Waals surface area contributed by atoms with Crippen molar-refractivity contribution in [1.82, 2.24) is 0 Å². The molecule has 0 unspecified atom stereocenters. The van der Waals surface area contributed by atoms with Gasteiger partial charge in [-0.1, -0.05) is 0 Å². The summed E-state index contributed by atoms with van der Waals surface area (Å²) in [5.74, 6) is 0.216. The number of hydrogen-bond acceptors (Lipinski definition) is 4. The first-order valence-electron chi connectivity index (χ1n) is 6.85. The summed E-state index contributed by atoms with van der Waals surface area (Å²) in [6, 6.07) is 5.35. The zero-order valence-electron chi connectivity index (χ0n) is 11.8. The number of ether oxygens (including phenoxy) is 2. The molecule has 0 spiro atoms. The zero-order chi connectivity index (χ0) is 15.5. The Bertz CT molecular complexity index is 509. The van der Waals surface area contributed by atoms with Gasteiger partial charge in [0.25, 0.3) is 0 Å². The van der Waals surface area contributed by atoms with Crippen molar-refractivity contribution in [2.45, 2.75) is 31.3 Å². The molecule has 0 saturated heterocycles. The molecule has 5 nitrogen and oxygen atoms in total. The molecular formula is C15H19BrO5. The van der Waals surface area contributed by atoms with E-state index in [0.29, 0.717) is 31.4 Å². The van der Waals surface area contributed by atoms with Crippen LogP contribution in [0.15, 0.2) is 22.7 Å². The summed E-state index contributed by atoms with van der Waals surface area (Å²) in [6.07, 6.45) is 1.85. The highest BCUT2D eigenvalue weighted by atomic mass is 79.9. The van der Waals surface area contributed by atoms with Crippen molar-refractivity contribution in [2.75, 3.05) is 13.7 Å². The zero-order valence-corrected chi connectivity index (χ0v) is 13.4.